The van der Waals surface area contributed by atoms with Gasteiger partial charge in [0.05, 0.1) is 18.4 Å². The molecule has 0 saturated heterocycles. The van der Waals surface area contributed by atoms with Crippen LogP contribution >= 0.6 is 0 Å². The van der Waals surface area contributed by atoms with E-state index in [4.69, 9.17) is 9.47 Å². The van der Waals surface area contributed by atoms with Crippen LogP contribution in [0.4, 0.5) is 0 Å². The number of aromatic nitrogens is 3. The highest BCUT2D eigenvalue weighted by atomic mass is 16.5. The first-order valence-electron chi connectivity index (χ1n) is 8.01. The molecule has 0 aliphatic rings. The number of carbonyl (C=O) groups excluding carboxylic acids is 1. The Morgan fingerprint density at radius 2 is 2.04 bits per heavy atom. The molecular weight excluding hydrogens is 332 g/mol. The number of pyridine rings is 1. The quantitative estimate of drug-likeness (QED) is 0.636. The van der Waals surface area contributed by atoms with Crippen molar-refractivity contribution in [2.75, 3.05) is 6.61 Å². The fraction of sp³-hybridized carbons (Fsp3) is 0.158. The molecule has 2 aromatic heterocycles. The van der Waals surface area contributed by atoms with Crippen molar-refractivity contribution in [2.24, 2.45) is 0 Å². The molecule has 0 N–H and O–H groups in total. The monoisotopic (exact) mass is 348 g/mol. The average Bonchev–Trinajstić information content (AvgIpc) is 3.17. The number of benzene rings is 1. The normalized spacial score (nSPS) is 10.2. The summed E-state index contributed by atoms with van der Waals surface area (Å²) in [6.07, 6.45) is 2.90. The predicted molar refractivity (Wildman–Crippen MR) is 92.8 cm³/mol. The van der Waals surface area contributed by atoms with Gasteiger partial charge >= 0.3 is 5.97 Å². The van der Waals surface area contributed by atoms with Crippen LogP contribution in [-0.4, -0.2) is 27.3 Å². The second-order valence-corrected chi connectivity index (χ2v) is 5.30. The first kappa shape index (κ1) is 17.2. The van der Waals surface area contributed by atoms with Crippen LogP contribution in [0, 0.1) is 11.3 Å². The van der Waals surface area contributed by atoms with E-state index in [0.29, 0.717) is 23.7 Å². The number of rotatable bonds is 6. The lowest BCUT2D eigenvalue weighted by Gasteiger charge is -2.09. The molecule has 1 aromatic carbocycles. The Balaban J connectivity index is 1.78. The maximum absolute atomic E-state index is 11.7. The van der Waals surface area contributed by atoms with Gasteiger partial charge in [-0.15, -0.1) is 0 Å². The Kier molecular flexibility index (Phi) is 5.25. The highest BCUT2D eigenvalue weighted by molar-refractivity contribution is 5.88. The molecule has 0 amide bonds. The van der Waals surface area contributed by atoms with Gasteiger partial charge in [-0.1, -0.05) is 30.3 Å². The van der Waals surface area contributed by atoms with Gasteiger partial charge in [0.1, 0.15) is 12.7 Å². The third kappa shape index (κ3) is 3.87. The van der Waals surface area contributed by atoms with Crippen LogP contribution < -0.4 is 4.74 Å². The molecule has 2 heterocycles. The number of hydrogen-bond acceptors (Lipinski definition) is 6. The predicted octanol–water partition coefficient (Wildman–Crippen LogP) is 2.89. The van der Waals surface area contributed by atoms with Crippen molar-refractivity contribution in [3.63, 3.8) is 0 Å². The number of ether oxygens (including phenoxy) is 2. The van der Waals surface area contributed by atoms with Gasteiger partial charge in [0.25, 0.3) is 0 Å². The van der Waals surface area contributed by atoms with Crippen LogP contribution in [0.1, 0.15) is 28.5 Å². The SMILES string of the molecule is CCOC(=O)c1cnn(-c2ccc(OCc3ccccc3)c(C#N)n2)c1. The Hall–Kier alpha value is -3.66. The Labute approximate surface area is 150 Å². The molecule has 26 heavy (non-hydrogen) atoms. The summed E-state index contributed by atoms with van der Waals surface area (Å²) in [6, 6.07) is 15.0. The minimum Gasteiger partial charge on any atom is -0.486 e. The largest absolute Gasteiger partial charge is 0.486 e. The van der Waals surface area contributed by atoms with Crippen molar-refractivity contribution in [2.45, 2.75) is 13.5 Å². The number of hydrogen-bond donors (Lipinski definition) is 0. The van der Waals surface area contributed by atoms with Crippen molar-refractivity contribution in [1.82, 2.24) is 14.8 Å². The lowest BCUT2D eigenvalue weighted by molar-refractivity contribution is 0.0526. The molecule has 3 aromatic rings. The number of esters is 1. The highest BCUT2D eigenvalue weighted by Gasteiger charge is 2.13. The Bertz CT molecular complexity index is 945. The van der Waals surface area contributed by atoms with Crippen molar-refractivity contribution < 1.29 is 14.3 Å². The fourth-order valence-electron chi connectivity index (χ4n) is 2.26. The van der Waals surface area contributed by atoms with E-state index in [1.165, 1.54) is 17.1 Å². The summed E-state index contributed by atoms with van der Waals surface area (Å²) >= 11 is 0. The second kappa shape index (κ2) is 7.94. The number of nitriles is 1. The second-order valence-electron chi connectivity index (χ2n) is 5.30. The van der Waals surface area contributed by atoms with Gasteiger partial charge in [0.15, 0.2) is 17.3 Å². The van der Waals surface area contributed by atoms with Crippen LogP contribution in [0.2, 0.25) is 0 Å². The molecule has 0 aliphatic carbocycles. The van der Waals surface area contributed by atoms with Crippen molar-refractivity contribution in [3.8, 4) is 17.6 Å². The van der Waals surface area contributed by atoms with Gasteiger partial charge < -0.3 is 9.47 Å². The zero-order chi connectivity index (χ0) is 18.4. The van der Waals surface area contributed by atoms with Crippen LogP contribution in [0.15, 0.2) is 54.9 Å². The standard InChI is InChI=1S/C19H16N4O3/c1-2-25-19(24)15-11-21-23(12-15)18-9-8-17(16(10-20)22-18)26-13-14-6-4-3-5-7-14/h3-9,11-12H,2,13H2,1H3. The molecule has 0 saturated carbocycles. The van der Waals surface area contributed by atoms with E-state index in [-0.39, 0.29) is 12.3 Å². The van der Waals surface area contributed by atoms with Gasteiger partial charge in [-0.25, -0.2) is 14.5 Å². The summed E-state index contributed by atoms with van der Waals surface area (Å²) in [6.45, 7) is 2.36. The van der Waals surface area contributed by atoms with Gasteiger partial charge in [-0.3, -0.25) is 0 Å². The van der Waals surface area contributed by atoms with Gasteiger partial charge in [0.2, 0.25) is 0 Å². The van der Waals surface area contributed by atoms with Crippen LogP contribution in [-0.2, 0) is 11.3 Å². The molecular formula is C19H16N4O3. The molecule has 7 heteroatoms. The van der Waals surface area contributed by atoms with E-state index >= 15 is 0 Å². The summed E-state index contributed by atoms with van der Waals surface area (Å²) in [5.74, 6) is 0.337. The smallest absolute Gasteiger partial charge is 0.341 e. The van der Waals surface area contributed by atoms with E-state index in [2.05, 4.69) is 10.1 Å². The van der Waals surface area contributed by atoms with Crippen molar-refractivity contribution in [3.05, 3.63) is 71.7 Å². The summed E-state index contributed by atoms with van der Waals surface area (Å²) in [5.41, 5.74) is 1.45. The molecule has 7 nitrogen and oxygen atoms in total. The number of nitrogens with zero attached hydrogens (tertiary/aromatic N) is 4. The minimum atomic E-state index is -0.456. The third-order valence-corrected chi connectivity index (χ3v) is 3.52. The summed E-state index contributed by atoms with van der Waals surface area (Å²) in [5, 5.41) is 13.4. The molecule has 130 valence electrons. The van der Waals surface area contributed by atoms with E-state index in [1.54, 1.807) is 19.1 Å². The molecule has 0 radical (unpaired) electrons. The fourth-order valence-corrected chi connectivity index (χ4v) is 2.26. The van der Waals surface area contributed by atoms with Gasteiger partial charge in [0, 0.05) is 6.20 Å². The van der Waals surface area contributed by atoms with Gasteiger partial charge in [-0.05, 0) is 24.6 Å². The zero-order valence-corrected chi connectivity index (χ0v) is 14.1. The topological polar surface area (TPSA) is 90.0 Å². The average molecular weight is 348 g/mol. The van der Waals surface area contributed by atoms with E-state index in [9.17, 15) is 10.1 Å². The summed E-state index contributed by atoms with van der Waals surface area (Å²) < 4.78 is 12.0. The van der Waals surface area contributed by atoms with Crippen LogP contribution in [0.3, 0.4) is 0 Å². The van der Waals surface area contributed by atoms with E-state index in [0.717, 1.165) is 5.56 Å². The highest BCUT2D eigenvalue weighted by Crippen LogP contribution is 2.19. The molecule has 0 unspecified atom stereocenters. The zero-order valence-electron chi connectivity index (χ0n) is 14.1. The molecule has 0 fully saturated rings. The lowest BCUT2D eigenvalue weighted by atomic mass is 10.2. The molecule has 0 spiro atoms. The third-order valence-electron chi connectivity index (χ3n) is 3.52. The maximum Gasteiger partial charge on any atom is 0.341 e. The van der Waals surface area contributed by atoms with Crippen molar-refractivity contribution in [1.29, 1.82) is 5.26 Å². The maximum atomic E-state index is 11.7. The van der Waals surface area contributed by atoms with Crippen LogP contribution in [0.25, 0.3) is 5.82 Å². The molecule has 0 bridgehead atoms. The van der Waals surface area contributed by atoms with Crippen LogP contribution in [0.5, 0.6) is 5.75 Å². The number of carbonyl (C=O) groups is 1. The first-order valence-corrected chi connectivity index (χ1v) is 8.01. The minimum absolute atomic E-state index is 0.145. The summed E-state index contributed by atoms with van der Waals surface area (Å²) in [4.78, 5) is 16.0. The van der Waals surface area contributed by atoms with Gasteiger partial charge in [-0.2, -0.15) is 10.4 Å². The Morgan fingerprint density at radius 3 is 2.77 bits per heavy atom. The molecule has 3 rings (SSSR count). The summed E-state index contributed by atoms with van der Waals surface area (Å²) in [7, 11) is 0. The molecule has 0 aliphatic heterocycles. The lowest BCUT2D eigenvalue weighted by Crippen LogP contribution is -2.04. The van der Waals surface area contributed by atoms with Crippen molar-refractivity contribution >= 4 is 5.97 Å². The molecule has 0 atom stereocenters. The van der Waals surface area contributed by atoms with E-state index in [1.807, 2.05) is 36.4 Å². The Morgan fingerprint density at radius 1 is 1.23 bits per heavy atom. The first-order chi connectivity index (χ1) is 12.7. The van der Waals surface area contributed by atoms with E-state index < -0.39 is 5.97 Å².